The molecule has 0 unspecified atom stereocenters. The molecule has 0 aliphatic heterocycles. The second-order valence-electron chi connectivity index (χ2n) is 6.78. The van der Waals surface area contributed by atoms with Crippen molar-refractivity contribution in [3.63, 3.8) is 0 Å². The fraction of sp³-hybridized carbons (Fsp3) is 0.348. The first-order valence-electron chi connectivity index (χ1n) is 9.98. The molecule has 0 spiro atoms. The van der Waals surface area contributed by atoms with Gasteiger partial charge in [0, 0.05) is 43.8 Å². The molecular weight excluding hydrogens is 475 g/mol. The predicted octanol–water partition coefficient (Wildman–Crippen LogP) is 4.49. The number of benzene rings is 2. The van der Waals surface area contributed by atoms with Crippen LogP contribution in [0.1, 0.15) is 24.0 Å². The fourth-order valence-corrected chi connectivity index (χ4v) is 3.17. The second kappa shape index (κ2) is 13.2. The standard InChI is InChI=1S/C23H30N4O.HI/c1-24-23(25-14-7-8-16-28-18-19-9-3-2-4-10-19)26-15-13-20-17-27-22-12-6-5-11-21(20)22;/h2-6,9-12,17,27H,7-8,13-16,18H2,1H3,(H2,24,25,26);1H. The Kier molecular flexibility index (Phi) is 10.6. The maximum Gasteiger partial charge on any atom is 0.190 e. The zero-order valence-electron chi connectivity index (χ0n) is 17.0. The lowest BCUT2D eigenvalue weighted by molar-refractivity contribution is 0.117. The van der Waals surface area contributed by atoms with Crippen molar-refractivity contribution in [2.45, 2.75) is 25.9 Å². The van der Waals surface area contributed by atoms with Gasteiger partial charge in [-0.25, -0.2) is 0 Å². The Morgan fingerprint density at radius 1 is 0.966 bits per heavy atom. The first-order chi connectivity index (χ1) is 13.9. The fourth-order valence-electron chi connectivity index (χ4n) is 3.17. The zero-order chi connectivity index (χ0) is 19.4. The highest BCUT2D eigenvalue weighted by Gasteiger charge is 2.03. The molecule has 1 aromatic heterocycles. The first-order valence-corrected chi connectivity index (χ1v) is 9.98. The highest BCUT2D eigenvalue weighted by atomic mass is 127. The topological polar surface area (TPSA) is 61.4 Å². The number of guanidine groups is 1. The van der Waals surface area contributed by atoms with Crippen LogP contribution in [0.3, 0.4) is 0 Å². The molecule has 3 rings (SSSR count). The van der Waals surface area contributed by atoms with E-state index in [2.05, 4.69) is 63.2 Å². The van der Waals surface area contributed by atoms with Gasteiger partial charge in [0.2, 0.25) is 0 Å². The minimum atomic E-state index is 0. The Bertz CT molecular complexity index is 863. The van der Waals surface area contributed by atoms with Crippen molar-refractivity contribution in [1.82, 2.24) is 15.6 Å². The van der Waals surface area contributed by atoms with E-state index in [1.807, 2.05) is 25.2 Å². The van der Waals surface area contributed by atoms with Gasteiger partial charge in [-0.15, -0.1) is 24.0 Å². The van der Waals surface area contributed by atoms with E-state index in [-0.39, 0.29) is 24.0 Å². The Labute approximate surface area is 190 Å². The van der Waals surface area contributed by atoms with Gasteiger partial charge in [-0.05, 0) is 36.5 Å². The SMILES string of the molecule is CN=C(NCCCCOCc1ccccc1)NCCc1c[nH]c2ccccc12.I. The number of aromatic nitrogens is 1. The molecule has 1 heterocycles. The van der Waals surface area contributed by atoms with Crippen molar-refractivity contribution in [3.05, 3.63) is 71.9 Å². The van der Waals surface area contributed by atoms with Crippen molar-refractivity contribution >= 4 is 40.8 Å². The van der Waals surface area contributed by atoms with Crippen molar-refractivity contribution in [1.29, 1.82) is 0 Å². The molecule has 0 radical (unpaired) electrons. The maximum atomic E-state index is 5.72. The minimum Gasteiger partial charge on any atom is -0.377 e. The smallest absolute Gasteiger partial charge is 0.190 e. The van der Waals surface area contributed by atoms with E-state index in [4.69, 9.17) is 4.74 Å². The van der Waals surface area contributed by atoms with Crippen LogP contribution in [-0.4, -0.2) is 37.7 Å². The van der Waals surface area contributed by atoms with Crippen molar-refractivity contribution < 1.29 is 4.74 Å². The summed E-state index contributed by atoms with van der Waals surface area (Å²) in [5.74, 6) is 0.852. The normalized spacial score (nSPS) is 11.3. The minimum absolute atomic E-state index is 0. The summed E-state index contributed by atoms with van der Waals surface area (Å²) in [5.41, 5.74) is 3.74. The first kappa shape index (κ1) is 23.2. The van der Waals surface area contributed by atoms with Gasteiger partial charge < -0.3 is 20.4 Å². The molecule has 3 aromatic rings. The number of halogens is 1. The summed E-state index contributed by atoms with van der Waals surface area (Å²) >= 11 is 0. The number of nitrogens with zero attached hydrogens (tertiary/aromatic N) is 1. The van der Waals surface area contributed by atoms with Crippen LogP contribution < -0.4 is 10.6 Å². The number of aliphatic imine (C=N–C) groups is 1. The summed E-state index contributed by atoms with van der Waals surface area (Å²) in [7, 11) is 1.81. The lowest BCUT2D eigenvalue weighted by Crippen LogP contribution is -2.38. The van der Waals surface area contributed by atoms with E-state index in [1.54, 1.807) is 0 Å². The molecule has 0 amide bonds. The third-order valence-corrected chi connectivity index (χ3v) is 4.70. The maximum absolute atomic E-state index is 5.72. The van der Waals surface area contributed by atoms with Crippen LogP contribution in [0.15, 0.2) is 65.8 Å². The van der Waals surface area contributed by atoms with Gasteiger partial charge in [0.05, 0.1) is 6.61 Å². The Balaban J connectivity index is 0.00000300. The molecule has 0 bridgehead atoms. The summed E-state index contributed by atoms with van der Waals surface area (Å²) in [6, 6.07) is 18.7. The molecule has 2 aromatic carbocycles. The molecule has 0 aliphatic carbocycles. The van der Waals surface area contributed by atoms with Gasteiger partial charge in [-0.2, -0.15) is 0 Å². The summed E-state index contributed by atoms with van der Waals surface area (Å²) < 4.78 is 5.72. The highest BCUT2D eigenvalue weighted by molar-refractivity contribution is 14.0. The van der Waals surface area contributed by atoms with Gasteiger partial charge in [0.1, 0.15) is 0 Å². The van der Waals surface area contributed by atoms with E-state index in [9.17, 15) is 0 Å². The van der Waals surface area contributed by atoms with E-state index < -0.39 is 0 Å². The van der Waals surface area contributed by atoms with Gasteiger partial charge in [-0.1, -0.05) is 48.5 Å². The lowest BCUT2D eigenvalue weighted by atomic mass is 10.1. The second-order valence-corrected chi connectivity index (χ2v) is 6.78. The van der Waals surface area contributed by atoms with Crippen LogP contribution in [0, 0.1) is 0 Å². The van der Waals surface area contributed by atoms with Crippen LogP contribution in [0.5, 0.6) is 0 Å². The van der Waals surface area contributed by atoms with Crippen molar-refractivity contribution in [2.24, 2.45) is 4.99 Å². The van der Waals surface area contributed by atoms with Crippen molar-refractivity contribution in [2.75, 3.05) is 26.7 Å². The summed E-state index contributed by atoms with van der Waals surface area (Å²) in [5, 5.41) is 8.05. The molecule has 0 atom stereocenters. The van der Waals surface area contributed by atoms with Crippen LogP contribution >= 0.6 is 24.0 Å². The summed E-state index contributed by atoms with van der Waals surface area (Å²) in [4.78, 5) is 7.62. The third kappa shape index (κ3) is 7.70. The zero-order valence-corrected chi connectivity index (χ0v) is 19.3. The number of H-pyrrole nitrogens is 1. The van der Waals surface area contributed by atoms with Gasteiger partial charge in [0.15, 0.2) is 5.96 Å². The van der Waals surface area contributed by atoms with E-state index in [0.29, 0.717) is 6.61 Å². The molecule has 0 saturated carbocycles. The van der Waals surface area contributed by atoms with Crippen LogP contribution in [0.2, 0.25) is 0 Å². The molecule has 0 saturated heterocycles. The lowest BCUT2D eigenvalue weighted by Gasteiger charge is -2.11. The Morgan fingerprint density at radius 3 is 2.55 bits per heavy atom. The summed E-state index contributed by atoms with van der Waals surface area (Å²) in [6.45, 7) is 3.21. The van der Waals surface area contributed by atoms with E-state index in [1.165, 1.54) is 22.0 Å². The van der Waals surface area contributed by atoms with Crippen LogP contribution in [0.25, 0.3) is 10.9 Å². The average Bonchev–Trinajstić information content (AvgIpc) is 3.15. The number of rotatable bonds is 10. The highest BCUT2D eigenvalue weighted by Crippen LogP contribution is 2.17. The largest absolute Gasteiger partial charge is 0.377 e. The molecular formula is C23H31IN4O. The van der Waals surface area contributed by atoms with Gasteiger partial charge >= 0.3 is 0 Å². The van der Waals surface area contributed by atoms with Crippen LogP contribution in [0.4, 0.5) is 0 Å². The molecule has 0 aliphatic rings. The average molecular weight is 506 g/mol. The Morgan fingerprint density at radius 2 is 1.72 bits per heavy atom. The number of nitrogens with one attached hydrogen (secondary N) is 3. The number of para-hydroxylation sites is 1. The molecule has 156 valence electrons. The number of hydrogen-bond acceptors (Lipinski definition) is 2. The monoisotopic (exact) mass is 506 g/mol. The number of aromatic amines is 1. The molecule has 6 heteroatoms. The molecule has 29 heavy (non-hydrogen) atoms. The molecule has 5 nitrogen and oxygen atoms in total. The Hall–Kier alpha value is -2.06. The number of fused-ring (bicyclic) bond motifs is 1. The number of ether oxygens (including phenoxy) is 1. The quantitative estimate of drug-likeness (QED) is 0.164. The van der Waals surface area contributed by atoms with E-state index in [0.717, 1.165) is 44.9 Å². The summed E-state index contributed by atoms with van der Waals surface area (Å²) in [6.07, 6.45) is 5.14. The molecule has 0 fully saturated rings. The van der Waals surface area contributed by atoms with E-state index >= 15 is 0 Å². The third-order valence-electron chi connectivity index (χ3n) is 4.70. The van der Waals surface area contributed by atoms with Gasteiger partial charge in [0.25, 0.3) is 0 Å². The van der Waals surface area contributed by atoms with Crippen LogP contribution in [-0.2, 0) is 17.8 Å². The molecule has 3 N–H and O–H groups in total. The van der Waals surface area contributed by atoms with Crippen molar-refractivity contribution in [3.8, 4) is 0 Å². The van der Waals surface area contributed by atoms with Gasteiger partial charge in [-0.3, -0.25) is 4.99 Å². The predicted molar refractivity (Wildman–Crippen MR) is 132 cm³/mol. The number of hydrogen-bond donors (Lipinski definition) is 3. The number of unbranched alkanes of at least 4 members (excludes halogenated alkanes) is 1.